The van der Waals surface area contributed by atoms with E-state index in [1.54, 1.807) is 18.2 Å². The molecule has 6 atom stereocenters. The summed E-state index contributed by atoms with van der Waals surface area (Å²) in [7, 11) is 0. The highest BCUT2D eigenvalue weighted by Gasteiger charge is 2.39. The minimum atomic E-state index is -0.549. The first-order valence-corrected chi connectivity index (χ1v) is 16.7. The van der Waals surface area contributed by atoms with Gasteiger partial charge in [0.2, 0.25) is 0 Å². The number of halogens is 2. The van der Waals surface area contributed by atoms with Crippen molar-refractivity contribution in [2.24, 2.45) is 0 Å². The predicted molar refractivity (Wildman–Crippen MR) is 175 cm³/mol. The van der Waals surface area contributed by atoms with E-state index in [1.807, 2.05) is 24.3 Å². The van der Waals surface area contributed by atoms with Gasteiger partial charge in [-0.1, -0.05) is 35.9 Å². The molecule has 10 heteroatoms. The van der Waals surface area contributed by atoms with Crippen LogP contribution in [0.4, 0.5) is 10.2 Å². The van der Waals surface area contributed by atoms with Crippen LogP contribution in [0.1, 0.15) is 46.0 Å². The summed E-state index contributed by atoms with van der Waals surface area (Å²) in [5.41, 5.74) is 0.888. The molecule has 2 N–H and O–H groups in total. The fourth-order valence-corrected chi connectivity index (χ4v) is 8.64. The van der Waals surface area contributed by atoms with Gasteiger partial charge < -0.3 is 24.8 Å². The third-order valence-electron chi connectivity index (χ3n) is 10.3. The maximum Gasteiger partial charge on any atom is 0.319 e. The molecule has 4 aliphatic rings. The molecule has 8 nitrogen and oxygen atoms in total. The number of hydrogen-bond donors (Lipinski definition) is 2. The van der Waals surface area contributed by atoms with Gasteiger partial charge in [-0.2, -0.15) is 9.97 Å². The quantitative estimate of drug-likeness (QED) is 0.257. The number of nitrogens with zero attached hydrogens (tertiary/aromatic N) is 4. The highest BCUT2D eigenvalue weighted by atomic mass is 35.5. The Morgan fingerprint density at radius 2 is 1.84 bits per heavy atom. The molecule has 6 unspecified atom stereocenters. The fourth-order valence-electron chi connectivity index (χ4n) is 8.35. The van der Waals surface area contributed by atoms with Crippen molar-refractivity contribution in [3.8, 4) is 22.9 Å². The Hall–Kier alpha value is -3.24. The first kappa shape index (κ1) is 29.2. The van der Waals surface area contributed by atoms with Gasteiger partial charge >= 0.3 is 6.01 Å². The van der Waals surface area contributed by atoms with Crippen LogP contribution >= 0.6 is 11.6 Å². The number of phenolic OH excluding ortho intramolecular Hbond substituents is 1. The van der Waals surface area contributed by atoms with Gasteiger partial charge in [-0.05, 0) is 80.5 Å². The number of likely N-dealkylation sites (tertiary alicyclic amines) is 1. The van der Waals surface area contributed by atoms with Crippen molar-refractivity contribution in [3.63, 3.8) is 0 Å². The first-order chi connectivity index (χ1) is 21.8. The summed E-state index contributed by atoms with van der Waals surface area (Å²) >= 11 is 6.90. The van der Waals surface area contributed by atoms with Crippen molar-refractivity contribution in [1.29, 1.82) is 0 Å². The van der Waals surface area contributed by atoms with E-state index in [9.17, 15) is 5.11 Å². The molecule has 1 aromatic heterocycles. The van der Waals surface area contributed by atoms with Crippen LogP contribution < -0.4 is 15.0 Å². The summed E-state index contributed by atoms with van der Waals surface area (Å²) < 4.78 is 29.2. The van der Waals surface area contributed by atoms with E-state index in [0.717, 1.165) is 62.5 Å². The lowest BCUT2D eigenvalue weighted by Crippen LogP contribution is -2.55. The van der Waals surface area contributed by atoms with Crippen LogP contribution in [0, 0.1) is 5.82 Å². The van der Waals surface area contributed by atoms with Gasteiger partial charge in [-0.3, -0.25) is 4.90 Å². The molecule has 0 radical (unpaired) electrons. The Morgan fingerprint density at radius 1 is 1.04 bits per heavy atom. The van der Waals surface area contributed by atoms with E-state index in [-0.39, 0.29) is 34.0 Å². The van der Waals surface area contributed by atoms with Crippen LogP contribution in [0.2, 0.25) is 5.02 Å². The molecule has 236 valence electrons. The molecule has 0 aliphatic carbocycles. The molecule has 4 aliphatic heterocycles. The van der Waals surface area contributed by atoms with Crippen LogP contribution in [0.3, 0.4) is 0 Å². The van der Waals surface area contributed by atoms with E-state index >= 15 is 4.39 Å². The third-order valence-corrected chi connectivity index (χ3v) is 10.6. The van der Waals surface area contributed by atoms with Crippen molar-refractivity contribution in [3.05, 3.63) is 53.3 Å². The predicted octanol–water partition coefficient (Wildman–Crippen LogP) is 6.30. The van der Waals surface area contributed by atoms with Crippen molar-refractivity contribution in [2.45, 2.75) is 82.3 Å². The Morgan fingerprint density at radius 3 is 2.67 bits per heavy atom. The lowest BCUT2D eigenvalue weighted by Gasteiger charge is -2.48. The van der Waals surface area contributed by atoms with Gasteiger partial charge in [-0.15, -0.1) is 0 Å². The standard InChI is InChI=1S/C35H39ClFN5O3/c1-19-11-26-14-24(12-20(2)45-26)42(19)9-10-44-35-39-33-29(34(40-35)41-17-22-7-8-23(18-41)38-22)16-30(36)31(32(33)37)28-15-25(43)13-21-5-3-4-6-27(21)28/h3-6,13,15-16,19-20,22-24,26,38,43H,7-12,14,17-18H2,1-2H3. The Bertz CT molecular complexity index is 1760. The Balaban J connectivity index is 1.18. The number of piperidine rings is 1. The van der Waals surface area contributed by atoms with Crippen molar-refractivity contribution < 1.29 is 19.0 Å². The molecule has 45 heavy (non-hydrogen) atoms. The third kappa shape index (κ3) is 5.37. The van der Waals surface area contributed by atoms with Gasteiger partial charge in [0.15, 0.2) is 5.82 Å². The van der Waals surface area contributed by atoms with Crippen LogP contribution in [0.25, 0.3) is 32.8 Å². The van der Waals surface area contributed by atoms with Gasteiger partial charge in [0.05, 0.1) is 17.2 Å². The molecule has 4 fully saturated rings. The van der Waals surface area contributed by atoms with Crippen molar-refractivity contribution in [1.82, 2.24) is 20.2 Å². The highest BCUT2D eigenvalue weighted by Crippen LogP contribution is 2.43. The van der Waals surface area contributed by atoms with Crippen LogP contribution in [-0.2, 0) is 4.74 Å². The zero-order valence-corrected chi connectivity index (χ0v) is 26.4. The largest absolute Gasteiger partial charge is 0.508 e. The molecule has 4 saturated heterocycles. The van der Waals surface area contributed by atoms with E-state index in [4.69, 9.17) is 26.1 Å². The number of nitrogens with one attached hydrogen (secondary N) is 1. The molecule has 0 amide bonds. The smallest absolute Gasteiger partial charge is 0.319 e. The second kappa shape index (κ2) is 11.5. The second-order valence-electron chi connectivity index (χ2n) is 13.4. The van der Waals surface area contributed by atoms with E-state index in [2.05, 4.69) is 33.9 Å². The van der Waals surface area contributed by atoms with Crippen LogP contribution in [0.15, 0.2) is 42.5 Å². The van der Waals surface area contributed by atoms with Gasteiger partial charge in [-0.25, -0.2) is 4.39 Å². The zero-order valence-electron chi connectivity index (χ0n) is 25.7. The number of benzene rings is 3. The van der Waals surface area contributed by atoms with Crippen LogP contribution in [-0.4, -0.2) is 82.6 Å². The maximum absolute atomic E-state index is 16.8. The zero-order chi connectivity index (χ0) is 30.8. The number of piperazine rings is 1. The van der Waals surface area contributed by atoms with Gasteiger partial charge in [0.25, 0.3) is 0 Å². The average Bonchev–Trinajstić information content (AvgIpc) is 3.35. The minimum Gasteiger partial charge on any atom is -0.508 e. The number of ether oxygens (including phenoxy) is 2. The number of anilines is 1. The van der Waals surface area contributed by atoms with E-state index in [1.165, 1.54) is 0 Å². The fraction of sp³-hybridized carbons (Fsp3) is 0.486. The van der Waals surface area contributed by atoms with Crippen molar-refractivity contribution in [2.75, 3.05) is 31.1 Å². The maximum atomic E-state index is 16.8. The lowest BCUT2D eigenvalue weighted by molar-refractivity contribution is -0.122. The molecule has 8 rings (SSSR count). The number of phenols is 1. The first-order valence-electron chi connectivity index (χ1n) is 16.3. The normalized spacial score (nSPS) is 28.2. The molecular formula is C35H39ClFN5O3. The monoisotopic (exact) mass is 631 g/mol. The van der Waals surface area contributed by atoms with Crippen molar-refractivity contribution >= 4 is 39.1 Å². The van der Waals surface area contributed by atoms with E-state index in [0.29, 0.717) is 53.6 Å². The summed E-state index contributed by atoms with van der Waals surface area (Å²) in [5, 5.41) is 16.6. The number of aromatic nitrogens is 2. The molecule has 3 aromatic carbocycles. The van der Waals surface area contributed by atoms with Gasteiger partial charge in [0.1, 0.15) is 23.7 Å². The molecule has 5 heterocycles. The molecule has 4 bridgehead atoms. The van der Waals surface area contributed by atoms with Gasteiger partial charge in [0, 0.05) is 54.8 Å². The number of fused-ring (bicyclic) bond motifs is 6. The molecule has 0 spiro atoms. The molecule has 0 saturated carbocycles. The highest BCUT2D eigenvalue weighted by molar-refractivity contribution is 6.35. The summed E-state index contributed by atoms with van der Waals surface area (Å²) in [4.78, 5) is 14.3. The molecular weight excluding hydrogens is 593 g/mol. The molecule has 4 aromatic rings. The number of aromatic hydroxyl groups is 1. The minimum absolute atomic E-state index is 0.0418. The summed E-state index contributed by atoms with van der Waals surface area (Å²) in [6, 6.07) is 14.3. The second-order valence-corrected chi connectivity index (χ2v) is 13.8. The summed E-state index contributed by atoms with van der Waals surface area (Å²) in [5.74, 6) is 0.140. The Labute approximate surface area is 267 Å². The van der Waals surface area contributed by atoms with Crippen LogP contribution in [0.5, 0.6) is 11.8 Å². The Kier molecular flexibility index (Phi) is 7.48. The number of rotatable bonds is 6. The summed E-state index contributed by atoms with van der Waals surface area (Å²) in [6.45, 7) is 7.10. The lowest BCUT2D eigenvalue weighted by atomic mass is 9.88. The SMILES string of the molecule is CC1CC2CC(CC(C)N2CCOc2nc(N3CC4CCC(C3)N4)c3cc(Cl)c(-c4cc(O)cc5ccccc45)c(F)c3n2)O1. The average molecular weight is 632 g/mol. The van der Waals surface area contributed by atoms with E-state index < -0.39 is 5.82 Å². The number of hydrogen-bond acceptors (Lipinski definition) is 8. The summed E-state index contributed by atoms with van der Waals surface area (Å²) in [6.07, 6.45) is 5.89. The topological polar surface area (TPSA) is 83.0 Å².